The third-order valence-corrected chi connectivity index (χ3v) is 5.46. The highest BCUT2D eigenvalue weighted by Gasteiger charge is 2.35. The summed E-state index contributed by atoms with van der Waals surface area (Å²) >= 11 is 6.20. The molecule has 2 aliphatic rings. The number of hydrogen-bond acceptors (Lipinski definition) is 4. The van der Waals surface area contributed by atoms with Gasteiger partial charge < -0.3 is 15.5 Å². The Kier molecular flexibility index (Phi) is 5.13. The number of aromatic nitrogens is 2. The third-order valence-electron chi connectivity index (χ3n) is 5.14. The predicted octanol–water partition coefficient (Wildman–Crippen LogP) is 2.00. The Morgan fingerprint density at radius 3 is 2.89 bits per heavy atom. The van der Waals surface area contributed by atoms with Gasteiger partial charge in [-0.25, -0.2) is 0 Å². The standard InChI is InChI=1S/C19H22ClN5O2/c20-14-5-1-2-6-17(14)24-10-7-16(19(24)27)22-18(26)15-8-11-25(23-15)13-4-3-9-21-12-13/h1-2,5-6,8,11,13,16,21H,3-4,7,9-10,12H2,(H,22,26). The number of carbonyl (C=O) groups excluding carboxylic acids is 2. The predicted molar refractivity (Wildman–Crippen MR) is 103 cm³/mol. The fraction of sp³-hybridized carbons (Fsp3) is 0.421. The van der Waals surface area contributed by atoms with E-state index in [2.05, 4.69) is 15.7 Å². The Morgan fingerprint density at radius 1 is 1.26 bits per heavy atom. The van der Waals surface area contributed by atoms with Crippen LogP contribution in [-0.2, 0) is 4.79 Å². The van der Waals surface area contributed by atoms with Crippen LogP contribution < -0.4 is 15.5 Å². The van der Waals surface area contributed by atoms with E-state index in [0.717, 1.165) is 25.9 Å². The number of hydrogen-bond donors (Lipinski definition) is 2. The highest BCUT2D eigenvalue weighted by atomic mass is 35.5. The lowest BCUT2D eigenvalue weighted by Gasteiger charge is -2.22. The number of nitrogens with one attached hydrogen (secondary N) is 2. The van der Waals surface area contributed by atoms with Crippen molar-refractivity contribution < 1.29 is 9.59 Å². The molecule has 2 aliphatic heterocycles. The van der Waals surface area contributed by atoms with Crippen LogP contribution in [0.25, 0.3) is 0 Å². The van der Waals surface area contributed by atoms with Gasteiger partial charge in [-0.3, -0.25) is 14.3 Å². The van der Waals surface area contributed by atoms with Gasteiger partial charge in [-0.15, -0.1) is 0 Å². The highest BCUT2D eigenvalue weighted by molar-refractivity contribution is 6.34. The minimum atomic E-state index is -0.560. The van der Waals surface area contributed by atoms with Gasteiger partial charge >= 0.3 is 0 Å². The van der Waals surface area contributed by atoms with Crippen LogP contribution >= 0.6 is 11.6 Å². The van der Waals surface area contributed by atoms with E-state index in [1.165, 1.54) is 0 Å². The molecule has 0 radical (unpaired) electrons. The van der Waals surface area contributed by atoms with Crippen molar-refractivity contribution in [3.05, 3.63) is 47.2 Å². The van der Waals surface area contributed by atoms with E-state index in [9.17, 15) is 9.59 Å². The van der Waals surface area contributed by atoms with Crippen molar-refractivity contribution in [1.29, 1.82) is 0 Å². The molecule has 2 unspecified atom stereocenters. The minimum Gasteiger partial charge on any atom is -0.339 e. The molecule has 1 aromatic carbocycles. The van der Waals surface area contributed by atoms with Crippen molar-refractivity contribution in [3.63, 3.8) is 0 Å². The number of para-hydroxylation sites is 1. The van der Waals surface area contributed by atoms with Crippen molar-refractivity contribution in [1.82, 2.24) is 20.4 Å². The molecule has 27 heavy (non-hydrogen) atoms. The molecule has 7 nitrogen and oxygen atoms in total. The summed E-state index contributed by atoms with van der Waals surface area (Å²) in [4.78, 5) is 26.9. The second-order valence-electron chi connectivity index (χ2n) is 6.94. The Hall–Kier alpha value is -2.38. The maximum atomic E-state index is 12.7. The lowest BCUT2D eigenvalue weighted by molar-refractivity contribution is -0.118. The molecule has 2 atom stereocenters. The van der Waals surface area contributed by atoms with Gasteiger partial charge in [0, 0.05) is 19.3 Å². The Balaban J connectivity index is 1.41. The molecule has 0 spiro atoms. The van der Waals surface area contributed by atoms with Crippen LogP contribution in [0.1, 0.15) is 35.8 Å². The van der Waals surface area contributed by atoms with Gasteiger partial charge in [-0.1, -0.05) is 23.7 Å². The van der Waals surface area contributed by atoms with E-state index in [1.807, 2.05) is 29.1 Å². The molecule has 0 saturated carbocycles. The molecule has 2 fully saturated rings. The van der Waals surface area contributed by atoms with Crippen LogP contribution in [0.15, 0.2) is 36.5 Å². The maximum Gasteiger partial charge on any atom is 0.272 e. The van der Waals surface area contributed by atoms with Crippen molar-refractivity contribution in [2.45, 2.75) is 31.3 Å². The topological polar surface area (TPSA) is 79.3 Å². The number of amides is 2. The Bertz CT molecular complexity index is 846. The van der Waals surface area contributed by atoms with Gasteiger partial charge in [-0.2, -0.15) is 5.10 Å². The van der Waals surface area contributed by atoms with Crippen LogP contribution in [0.2, 0.25) is 5.02 Å². The summed E-state index contributed by atoms with van der Waals surface area (Å²) in [6.07, 6.45) is 4.52. The van der Waals surface area contributed by atoms with E-state index in [0.29, 0.717) is 29.4 Å². The van der Waals surface area contributed by atoms with E-state index >= 15 is 0 Å². The molecule has 2 saturated heterocycles. The zero-order valence-corrected chi connectivity index (χ0v) is 15.7. The number of anilines is 1. The zero-order chi connectivity index (χ0) is 18.8. The van der Waals surface area contributed by atoms with E-state index < -0.39 is 6.04 Å². The number of carbonyl (C=O) groups is 2. The lowest BCUT2D eigenvalue weighted by Crippen LogP contribution is -2.41. The molecule has 0 bridgehead atoms. The van der Waals surface area contributed by atoms with Crippen LogP contribution in [0.5, 0.6) is 0 Å². The van der Waals surface area contributed by atoms with Gasteiger partial charge in [0.1, 0.15) is 11.7 Å². The van der Waals surface area contributed by atoms with E-state index in [1.54, 1.807) is 17.0 Å². The molecule has 1 aromatic heterocycles. The summed E-state index contributed by atoms with van der Waals surface area (Å²) in [5, 5.41) is 11.1. The first kappa shape index (κ1) is 18.0. The Labute approximate surface area is 162 Å². The summed E-state index contributed by atoms with van der Waals surface area (Å²) in [5.41, 5.74) is 1.01. The van der Waals surface area contributed by atoms with Crippen LogP contribution in [-0.4, -0.2) is 47.3 Å². The normalized spacial score (nSPS) is 22.9. The smallest absolute Gasteiger partial charge is 0.272 e. The van der Waals surface area contributed by atoms with Crippen LogP contribution in [0.3, 0.4) is 0 Å². The third kappa shape index (κ3) is 3.70. The first-order valence-corrected chi connectivity index (χ1v) is 9.64. The fourth-order valence-corrected chi connectivity index (χ4v) is 3.92. The summed E-state index contributed by atoms with van der Waals surface area (Å²) in [7, 11) is 0. The molecule has 3 heterocycles. The van der Waals surface area contributed by atoms with Crippen LogP contribution in [0, 0.1) is 0 Å². The lowest BCUT2D eigenvalue weighted by atomic mass is 10.1. The second kappa shape index (κ2) is 7.70. The van der Waals surface area contributed by atoms with Gasteiger partial charge in [-0.05, 0) is 44.0 Å². The van der Waals surface area contributed by atoms with Crippen molar-refractivity contribution >= 4 is 29.1 Å². The second-order valence-corrected chi connectivity index (χ2v) is 7.34. The average molecular weight is 388 g/mol. The summed E-state index contributed by atoms with van der Waals surface area (Å²) in [6.45, 7) is 2.41. The van der Waals surface area contributed by atoms with E-state index in [-0.39, 0.29) is 17.9 Å². The molecule has 8 heteroatoms. The number of halogens is 1. The molecule has 2 N–H and O–H groups in total. The fourth-order valence-electron chi connectivity index (χ4n) is 3.68. The molecular formula is C19H22ClN5O2. The van der Waals surface area contributed by atoms with Crippen LogP contribution in [0.4, 0.5) is 5.69 Å². The van der Waals surface area contributed by atoms with Gasteiger partial charge in [0.05, 0.1) is 16.8 Å². The average Bonchev–Trinajstić information content (AvgIpc) is 3.31. The number of piperidine rings is 1. The van der Waals surface area contributed by atoms with E-state index in [4.69, 9.17) is 11.6 Å². The first-order valence-electron chi connectivity index (χ1n) is 9.26. The molecule has 2 aromatic rings. The molecule has 0 aliphatic carbocycles. The van der Waals surface area contributed by atoms with Gasteiger partial charge in [0.15, 0.2) is 0 Å². The molecule has 2 amide bonds. The highest BCUT2D eigenvalue weighted by Crippen LogP contribution is 2.29. The summed E-state index contributed by atoms with van der Waals surface area (Å²) in [6, 6.07) is 8.64. The largest absolute Gasteiger partial charge is 0.339 e. The van der Waals surface area contributed by atoms with Gasteiger partial charge in [0.2, 0.25) is 5.91 Å². The van der Waals surface area contributed by atoms with Crippen molar-refractivity contribution in [2.75, 3.05) is 24.5 Å². The number of benzene rings is 1. The summed E-state index contributed by atoms with van der Waals surface area (Å²) < 4.78 is 1.84. The van der Waals surface area contributed by atoms with Crippen molar-refractivity contribution in [3.8, 4) is 0 Å². The maximum absolute atomic E-state index is 12.7. The monoisotopic (exact) mass is 387 g/mol. The van der Waals surface area contributed by atoms with Gasteiger partial charge in [0.25, 0.3) is 5.91 Å². The quantitative estimate of drug-likeness (QED) is 0.841. The van der Waals surface area contributed by atoms with Crippen molar-refractivity contribution in [2.24, 2.45) is 0 Å². The zero-order valence-electron chi connectivity index (χ0n) is 14.9. The summed E-state index contributed by atoms with van der Waals surface area (Å²) in [5.74, 6) is -0.468. The SMILES string of the molecule is O=C(NC1CCN(c2ccccc2Cl)C1=O)c1ccn(C2CCCNC2)n1. The first-order chi connectivity index (χ1) is 13.1. The molecule has 142 valence electrons. The Morgan fingerprint density at radius 2 is 2.11 bits per heavy atom. The minimum absolute atomic E-state index is 0.146. The number of rotatable bonds is 4. The molecular weight excluding hydrogens is 366 g/mol. The number of nitrogens with zero attached hydrogens (tertiary/aromatic N) is 3. The molecule has 4 rings (SSSR count).